The van der Waals surface area contributed by atoms with Crippen LogP contribution in [-0.2, 0) is 4.79 Å². The Hall–Kier alpha value is -2.82. The number of nitrogens with one attached hydrogen (secondary N) is 2. The van der Waals surface area contributed by atoms with Crippen LogP contribution in [0.2, 0.25) is 0 Å². The van der Waals surface area contributed by atoms with Crippen LogP contribution in [0.1, 0.15) is 25.7 Å². The third-order valence-electron chi connectivity index (χ3n) is 3.60. The highest BCUT2D eigenvalue weighted by atomic mass is 16.4. The maximum Gasteiger partial charge on any atom is 0.319 e. The normalized spacial score (nSPS) is 10.2. The van der Waals surface area contributed by atoms with Crippen molar-refractivity contribution >= 4 is 17.7 Å². The summed E-state index contributed by atoms with van der Waals surface area (Å²) in [6.45, 7) is 0.535. The topological polar surface area (TPSA) is 78.4 Å². The monoisotopic (exact) mass is 326 g/mol. The number of aliphatic carboxylic acids is 1. The van der Waals surface area contributed by atoms with Gasteiger partial charge in [0.15, 0.2) is 0 Å². The predicted molar refractivity (Wildman–Crippen MR) is 95.0 cm³/mol. The molecular formula is C19H22N2O3. The van der Waals surface area contributed by atoms with Crippen molar-refractivity contribution in [1.29, 1.82) is 0 Å². The maximum absolute atomic E-state index is 11.8. The van der Waals surface area contributed by atoms with Gasteiger partial charge < -0.3 is 15.7 Å². The molecule has 2 aromatic carbocycles. The molecule has 2 aromatic rings. The van der Waals surface area contributed by atoms with Gasteiger partial charge in [-0.25, -0.2) is 4.79 Å². The number of carbonyl (C=O) groups excluding carboxylic acids is 1. The Morgan fingerprint density at radius 3 is 2.17 bits per heavy atom. The smallest absolute Gasteiger partial charge is 0.319 e. The third kappa shape index (κ3) is 6.12. The molecule has 2 amide bonds. The van der Waals surface area contributed by atoms with E-state index >= 15 is 0 Å². The van der Waals surface area contributed by atoms with Crippen LogP contribution in [0.15, 0.2) is 54.6 Å². The highest BCUT2D eigenvalue weighted by molar-refractivity contribution is 5.89. The van der Waals surface area contributed by atoms with E-state index < -0.39 is 5.97 Å². The standard InChI is InChI=1S/C19H22N2O3/c22-18(23)9-5-2-6-14-20-19(24)21-17-12-10-16(11-13-17)15-7-3-1-4-8-15/h1,3-4,7-8,10-13H,2,5-6,9,14H2,(H,22,23)(H2,20,21,24). The highest BCUT2D eigenvalue weighted by Crippen LogP contribution is 2.20. The minimum Gasteiger partial charge on any atom is -0.481 e. The second-order valence-corrected chi connectivity index (χ2v) is 5.53. The number of carbonyl (C=O) groups is 2. The molecule has 0 fully saturated rings. The van der Waals surface area contributed by atoms with Gasteiger partial charge in [0.2, 0.25) is 0 Å². The van der Waals surface area contributed by atoms with Crippen molar-refractivity contribution in [2.75, 3.05) is 11.9 Å². The van der Waals surface area contributed by atoms with E-state index in [1.54, 1.807) is 0 Å². The molecule has 0 heterocycles. The second-order valence-electron chi connectivity index (χ2n) is 5.53. The fraction of sp³-hybridized carbons (Fsp3) is 0.263. The van der Waals surface area contributed by atoms with Gasteiger partial charge in [-0.3, -0.25) is 4.79 Å². The molecule has 0 saturated heterocycles. The quantitative estimate of drug-likeness (QED) is 0.638. The molecule has 0 aliphatic heterocycles. The lowest BCUT2D eigenvalue weighted by Crippen LogP contribution is -2.29. The summed E-state index contributed by atoms with van der Waals surface area (Å²) >= 11 is 0. The number of anilines is 1. The molecule has 2 rings (SSSR count). The van der Waals surface area contributed by atoms with Crippen LogP contribution in [-0.4, -0.2) is 23.7 Å². The Morgan fingerprint density at radius 1 is 0.833 bits per heavy atom. The fourth-order valence-corrected chi connectivity index (χ4v) is 2.33. The molecule has 0 spiro atoms. The molecule has 0 aliphatic carbocycles. The molecule has 0 saturated carbocycles. The molecular weight excluding hydrogens is 304 g/mol. The van der Waals surface area contributed by atoms with Crippen molar-refractivity contribution in [3.05, 3.63) is 54.6 Å². The summed E-state index contributed by atoms with van der Waals surface area (Å²) in [5.41, 5.74) is 2.97. The average molecular weight is 326 g/mol. The van der Waals surface area contributed by atoms with Crippen molar-refractivity contribution in [3.8, 4) is 11.1 Å². The molecule has 126 valence electrons. The van der Waals surface area contributed by atoms with E-state index in [0.29, 0.717) is 13.0 Å². The number of hydrogen-bond acceptors (Lipinski definition) is 2. The number of carboxylic acid groups (broad SMARTS) is 1. The van der Waals surface area contributed by atoms with Crippen LogP contribution in [0.3, 0.4) is 0 Å². The largest absolute Gasteiger partial charge is 0.481 e. The highest BCUT2D eigenvalue weighted by Gasteiger charge is 2.02. The van der Waals surface area contributed by atoms with Gasteiger partial charge in [0.1, 0.15) is 0 Å². The van der Waals surface area contributed by atoms with Crippen LogP contribution in [0.25, 0.3) is 11.1 Å². The summed E-state index contributed by atoms with van der Waals surface area (Å²) in [5.74, 6) is -0.778. The third-order valence-corrected chi connectivity index (χ3v) is 3.60. The number of benzene rings is 2. The van der Waals surface area contributed by atoms with Gasteiger partial charge in [-0.2, -0.15) is 0 Å². The zero-order valence-corrected chi connectivity index (χ0v) is 13.5. The predicted octanol–water partition coefficient (Wildman–Crippen LogP) is 4.12. The van der Waals surface area contributed by atoms with Gasteiger partial charge in [0.05, 0.1) is 0 Å². The van der Waals surface area contributed by atoms with Crippen molar-refractivity contribution < 1.29 is 14.7 Å². The summed E-state index contributed by atoms with van der Waals surface area (Å²) in [6, 6.07) is 17.5. The van der Waals surface area contributed by atoms with Crippen molar-refractivity contribution in [2.24, 2.45) is 0 Å². The lowest BCUT2D eigenvalue weighted by atomic mass is 10.1. The van der Waals surface area contributed by atoms with E-state index in [-0.39, 0.29) is 12.5 Å². The van der Waals surface area contributed by atoms with Crippen LogP contribution in [0.4, 0.5) is 10.5 Å². The van der Waals surface area contributed by atoms with Crippen LogP contribution in [0.5, 0.6) is 0 Å². The van der Waals surface area contributed by atoms with E-state index in [9.17, 15) is 9.59 Å². The number of amides is 2. The van der Waals surface area contributed by atoms with Gasteiger partial charge in [-0.1, -0.05) is 48.9 Å². The Labute approximate surface area is 141 Å². The van der Waals surface area contributed by atoms with Crippen molar-refractivity contribution in [2.45, 2.75) is 25.7 Å². The summed E-state index contributed by atoms with van der Waals surface area (Å²) in [7, 11) is 0. The van der Waals surface area contributed by atoms with Crippen molar-refractivity contribution in [1.82, 2.24) is 5.32 Å². The van der Waals surface area contributed by atoms with Gasteiger partial charge in [0, 0.05) is 18.7 Å². The molecule has 5 nitrogen and oxygen atoms in total. The summed E-state index contributed by atoms with van der Waals surface area (Å²) in [4.78, 5) is 22.2. The van der Waals surface area contributed by atoms with E-state index in [1.807, 2.05) is 54.6 Å². The summed E-state index contributed by atoms with van der Waals surface area (Å²) in [5, 5.41) is 14.1. The van der Waals surface area contributed by atoms with Gasteiger partial charge in [-0.15, -0.1) is 0 Å². The molecule has 5 heteroatoms. The second kappa shape index (κ2) is 9.35. The number of rotatable bonds is 8. The SMILES string of the molecule is O=C(O)CCCCCNC(=O)Nc1ccc(-c2ccccc2)cc1. The molecule has 0 unspecified atom stereocenters. The number of unbranched alkanes of at least 4 members (excludes halogenated alkanes) is 2. The Morgan fingerprint density at radius 2 is 1.50 bits per heavy atom. The fourth-order valence-electron chi connectivity index (χ4n) is 2.33. The average Bonchev–Trinajstić information content (AvgIpc) is 2.59. The van der Waals surface area contributed by atoms with Gasteiger partial charge in [-0.05, 0) is 36.1 Å². The molecule has 0 bridgehead atoms. The molecule has 0 atom stereocenters. The Kier molecular flexibility index (Phi) is 6.83. The van der Waals surface area contributed by atoms with E-state index in [2.05, 4.69) is 10.6 Å². The number of hydrogen-bond donors (Lipinski definition) is 3. The summed E-state index contributed by atoms with van der Waals surface area (Å²) in [6.07, 6.45) is 2.38. The maximum atomic E-state index is 11.8. The first-order valence-corrected chi connectivity index (χ1v) is 8.07. The van der Waals surface area contributed by atoms with E-state index in [0.717, 1.165) is 29.7 Å². The van der Waals surface area contributed by atoms with Crippen LogP contribution >= 0.6 is 0 Å². The first-order chi connectivity index (χ1) is 11.6. The molecule has 0 aliphatic rings. The molecule has 0 radical (unpaired) electrons. The molecule has 3 N–H and O–H groups in total. The molecule has 24 heavy (non-hydrogen) atoms. The number of carboxylic acids is 1. The summed E-state index contributed by atoms with van der Waals surface area (Å²) < 4.78 is 0. The number of urea groups is 1. The Bertz CT molecular complexity index is 654. The van der Waals surface area contributed by atoms with Gasteiger partial charge in [0.25, 0.3) is 0 Å². The first kappa shape index (κ1) is 17.5. The lowest BCUT2D eigenvalue weighted by Gasteiger charge is -2.08. The van der Waals surface area contributed by atoms with Crippen LogP contribution < -0.4 is 10.6 Å². The van der Waals surface area contributed by atoms with Crippen LogP contribution in [0, 0.1) is 0 Å². The Balaban J connectivity index is 1.71. The molecule has 0 aromatic heterocycles. The van der Waals surface area contributed by atoms with Gasteiger partial charge >= 0.3 is 12.0 Å². The zero-order valence-electron chi connectivity index (χ0n) is 13.5. The minimum atomic E-state index is -0.778. The van der Waals surface area contributed by atoms with Crippen molar-refractivity contribution in [3.63, 3.8) is 0 Å². The van der Waals surface area contributed by atoms with E-state index in [4.69, 9.17) is 5.11 Å². The zero-order chi connectivity index (χ0) is 17.2. The minimum absolute atomic E-state index is 0.181. The van der Waals surface area contributed by atoms with E-state index in [1.165, 1.54) is 0 Å². The first-order valence-electron chi connectivity index (χ1n) is 8.07. The lowest BCUT2D eigenvalue weighted by molar-refractivity contribution is -0.137.